The van der Waals surface area contributed by atoms with Crippen LogP contribution in [-0.2, 0) is 6.54 Å². The van der Waals surface area contributed by atoms with Crippen LogP contribution in [0.3, 0.4) is 0 Å². The van der Waals surface area contributed by atoms with E-state index in [9.17, 15) is 4.79 Å². The van der Waals surface area contributed by atoms with Gasteiger partial charge in [0.15, 0.2) is 5.82 Å². The zero-order valence-corrected chi connectivity index (χ0v) is 19.9. The summed E-state index contributed by atoms with van der Waals surface area (Å²) < 4.78 is 3.63. The Kier molecular flexibility index (Phi) is 5.51. The van der Waals surface area contributed by atoms with E-state index in [4.69, 9.17) is 10.1 Å². The van der Waals surface area contributed by atoms with Crippen molar-refractivity contribution in [2.24, 2.45) is 5.10 Å². The van der Waals surface area contributed by atoms with Crippen molar-refractivity contribution >= 4 is 28.0 Å². The van der Waals surface area contributed by atoms with Crippen LogP contribution < -0.4 is 5.56 Å². The van der Waals surface area contributed by atoms with Crippen molar-refractivity contribution in [1.29, 1.82) is 0 Å². The molecule has 4 aromatic carbocycles. The summed E-state index contributed by atoms with van der Waals surface area (Å²) in [6.07, 6.45) is 3.86. The summed E-state index contributed by atoms with van der Waals surface area (Å²) in [6, 6.07) is 33.9. The predicted octanol–water partition coefficient (Wildman–Crippen LogP) is 6.26. The standard InChI is InChI=1S/C31H24N4O/c1-22-10-9-11-23(18-22)20-34-21-25(26-14-6-8-17-29(26)34)19-32-35-30(24-12-3-2-4-13-24)33-28-16-7-5-15-27(28)31(35)36/h2-19,21H,20H2,1H3. The fourth-order valence-electron chi connectivity index (χ4n) is 4.64. The molecule has 0 fully saturated rings. The third-order valence-electron chi connectivity index (χ3n) is 6.35. The fraction of sp³-hybridized carbons (Fsp3) is 0.0645. The van der Waals surface area contributed by atoms with E-state index < -0.39 is 0 Å². The second-order valence-electron chi connectivity index (χ2n) is 8.90. The average Bonchev–Trinajstić information content (AvgIpc) is 3.26. The van der Waals surface area contributed by atoms with Gasteiger partial charge < -0.3 is 4.57 Å². The van der Waals surface area contributed by atoms with Crippen molar-refractivity contribution in [2.45, 2.75) is 13.5 Å². The Morgan fingerprint density at radius 3 is 2.42 bits per heavy atom. The number of fused-ring (bicyclic) bond motifs is 2. The summed E-state index contributed by atoms with van der Waals surface area (Å²) in [4.78, 5) is 18.3. The van der Waals surface area contributed by atoms with Gasteiger partial charge in [-0.15, -0.1) is 0 Å². The van der Waals surface area contributed by atoms with E-state index >= 15 is 0 Å². The average molecular weight is 469 g/mol. The molecule has 0 bridgehead atoms. The molecule has 0 aliphatic rings. The summed E-state index contributed by atoms with van der Waals surface area (Å²) in [6.45, 7) is 2.86. The highest BCUT2D eigenvalue weighted by molar-refractivity contribution is 5.99. The van der Waals surface area contributed by atoms with Gasteiger partial charge in [0.05, 0.1) is 17.1 Å². The SMILES string of the molecule is Cc1cccc(Cn2cc(C=Nn3c(-c4ccccc4)nc4ccccc4c3=O)c3ccccc32)c1. The molecule has 0 saturated heterocycles. The van der Waals surface area contributed by atoms with Crippen LogP contribution in [0.25, 0.3) is 33.2 Å². The lowest BCUT2D eigenvalue weighted by Gasteiger charge is -2.09. The third kappa shape index (κ3) is 4.01. The van der Waals surface area contributed by atoms with E-state index in [1.165, 1.54) is 15.8 Å². The topological polar surface area (TPSA) is 52.2 Å². The first kappa shape index (κ1) is 21.7. The Balaban J connectivity index is 1.49. The number of hydrogen-bond donors (Lipinski definition) is 0. The van der Waals surface area contributed by atoms with Gasteiger partial charge in [0, 0.05) is 34.8 Å². The normalized spacial score (nSPS) is 11.6. The molecule has 0 radical (unpaired) electrons. The number of para-hydroxylation sites is 2. The number of aryl methyl sites for hydroxylation is 1. The highest BCUT2D eigenvalue weighted by atomic mass is 16.1. The molecule has 5 nitrogen and oxygen atoms in total. The zero-order valence-electron chi connectivity index (χ0n) is 19.9. The van der Waals surface area contributed by atoms with E-state index in [2.05, 4.69) is 54.1 Å². The van der Waals surface area contributed by atoms with Gasteiger partial charge in [-0.05, 0) is 30.7 Å². The molecule has 6 aromatic rings. The molecule has 0 aliphatic heterocycles. The lowest BCUT2D eigenvalue weighted by atomic mass is 10.1. The van der Waals surface area contributed by atoms with Crippen LogP contribution in [0.4, 0.5) is 0 Å². The van der Waals surface area contributed by atoms with Crippen LogP contribution in [0.1, 0.15) is 16.7 Å². The first-order chi connectivity index (χ1) is 17.7. The summed E-state index contributed by atoms with van der Waals surface area (Å²) in [5.41, 5.74) is 5.83. The maximum Gasteiger partial charge on any atom is 0.282 e. The maximum atomic E-state index is 13.5. The van der Waals surface area contributed by atoms with Crippen molar-refractivity contribution in [3.8, 4) is 11.4 Å². The van der Waals surface area contributed by atoms with Gasteiger partial charge in [0.2, 0.25) is 0 Å². The number of rotatable bonds is 5. The van der Waals surface area contributed by atoms with E-state index in [1.54, 1.807) is 12.3 Å². The molecular weight excluding hydrogens is 444 g/mol. The lowest BCUT2D eigenvalue weighted by molar-refractivity contribution is 0.826. The first-order valence-electron chi connectivity index (χ1n) is 11.9. The van der Waals surface area contributed by atoms with Crippen molar-refractivity contribution in [1.82, 2.24) is 14.2 Å². The Morgan fingerprint density at radius 1 is 0.833 bits per heavy atom. The van der Waals surface area contributed by atoms with Crippen LogP contribution in [-0.4, -0.2) is 20.4 Å². The molecule has 36 heavy (non-hydrogen) atoms. The maximum absolute atomic E-state index is 13.5. The monoisotopic (exact) mass is 468 g/mol. The molecular formula is C31H24N4O. The van der Waals surface area contributed by atoms with E-state index in [0.717, 1.165) is 28.6 Å². The van der Waals surface area contributed by atoms with Crippen LogP contribution in [0.2, 0.25) is 0 Å². The van der Waals surface area contributed by atoms with Gasteiger partial charge in [-0.2, -0.15) is 9.78 Å². The molecule has 0 N–H and O–H groups in total. The molecule has 0 saturated carbocycles. The molecule has 0 aliphatic carbocycles. The lowest BCUT2D eigenvalue weighted by Crippen LogP contribution is -2.20. The molecule has 2 heterocycles. The largest absolute Gasteiger partial charge is 0.342 e. The number of hydrogen-bond acceptors (Lipinski definition) is 3. The smallest absolute Gasteiger partial charge is 0.282 e. The molecule has 0 unspecified atom stereocenters. The molecule has 0 amide bonds. The Morgan fingerprint density at radius 2 is 1.58 bits per heavy atom. The van der Waals surface area contributed by atoms with Crippen LogP contribution in [0.5, 0.6) is 0 Å². The third-order valence-corrected chi connectivity index (χ3v) is 6.35. The van der Waals surface area contributed by atoms with Crippen molar-refractivity contribution < 1.29 is 0 Å². The van der Waals surface area contributed by atoms with Crippen LogP contribution in [0.15, 0.2) is 119 Å². The molecule has 5 heteroatoms. The number of benzene rings is 4. The van der Waals surface area contributed by atoms with Gasteiger partial charge >= 0.3 is 0 Å². The van der Waals surface area contributed by atoms with Gasteiger partial charge in [-0.1, -0.05) is 90.5 Å². The predicted molar refractivity (Wildman–Crippen MR) is 147 cm³/mol. The molecule has 0 spiro atoms. The number of nitrogens with zero attached hydrogens (tertiary/aromatic N) is 4. The first-order valence-corrected chi connectivity index (χ1v) is 11.9. The Hall–Kier alpha value is -4.77. The highest BCUT2D eigenvalue weighted by Crippen LogP contribution is 2.23. The zero-order chi connectivity index (χ0) is 24.5. The molecule has 2 aromatic heterocycles. The minimum Gasteiger partial charge on any atom is -0.342 e. The van der Waals surface area contributed by atoms with Crippen molar-refractivity contribution in [3.05, 3.63) is 136 Å². The fourth-order valence-corrected chi connectivity index (χ4v) is 4.64. The molecule has 174 valence electrons. The van der Waals surface area contributed by atoms with E-state index in [1.807, 2.05) is 60.7 Å². The van der Waals surface area contributed by atoms with Crippen LogP contribution >= 0.6 is 0 Å². The van der Waals surface area contributed by atoms with Gasteiger partial charge in [0.25, 0.3) is 5.56 Å². The quantitative estimate of drug-likeness (QED) is 0.281. The van der Waals surface area contributed by atoms with Crippen LogP contribution in [0, 0.1) is 6.92 Å². The van der Waals surface area contributed by atoms with Crippen molar-refractivity contribution in [2.75, 3.05) is 0 Å². The van der Waals surface area contributed by atoms with E-state index in [-0.39, 0.29) is 5.56 Å². The summed E-state index contributed by atoms with van der Waals surface area (Å²) in [7, 11) is 0. The number of aromatic nitrogens is 3. The highest BCUT2D eigenvalue weighted by Gasteiger charge is 2.13. The van der Waals surface area contributed by atoms with Gasteiger partial charge in [-0.25, -0.2) is 4.98 Å². The Bertz CT molecular complexity index is 1800. The summed E-state index contributed by atoms with van der Waals surface area (Å²) in [5.74, 6) is 0.513. The summed E-state index contributed by atoms with van der Waals surface area (Å²) in [5, 5.41) is 6.31. The minimum atomic E-state index is -0.195. The minimum absolute atomic E-state index is 0.195. The second kappa shape index (κ2) is 9.12. The summed E-state index contributed by atoms with van der Waals surface area (Å²) >= 11 is 0. The Labute approximate surface area is 208 Å². The molecule has 0 atom stereocenters. The van der Waals surface area contributed by atoms with Gasteiger partial charge in [-0.3, -0.25) is 4.79 Å². The van der Waals surface area contributed by atoms with E-state index in [0.29, 0.717) is 16.7 Å². The molecule has 6 rings (SSSR count). The van der Waals surface area contributed by atoms with Gasteiger partial charge in [0.1, 0.15) is 0 Å². The van der Waals surface area contributed by atoms with Crippen molar-refractivity contribution in [3.63, 3.8) is 0 Å². The second-order valence-corrected chi connectivity index (χ2v) is 8.90.